The molecule has 2 aromatic heterocycles. The van der Waals surface area contributed by atoms with Gasteiger partial charge in [0.1, 0.15) is 5.56 Å². The molecule has 0 saturated carbocycles. The van der Waals surface area contributed by atoms with E-state index < -0.39 is 11.5 Å². The van der Waals surface area contributed by atoms with Gasteiger partial charge in [0.05, 0.1) is 6.54 Å². The second-order valence-corrected chi connectivity index (χ2v) is 6.09. The first-order chi connectivity index (χ1) is 12.0. The van der Waals surface area contributed by atoms with E-state index >= 15 is 0 Å². The van der Waals surface area contributed by atoms with E-state index in [0.717, 1.165) is 11.1 Å². The number of carbonyl (C=O) groups is 1. The molecule has 25 heavy (non-hydrogen) atoms. The molecule has 0 bridgehead atoms. The SMILES string of the molecule is Cc1cccc(-c2ccc(C(=O)NC(C)Cn3cccn3)c(=O)[nH]2)c1. The third-order valence-electron chi connectivity index (χ3n) is 3.88. The lowest BCUT2D eigenvalue weighted by Gasteiger charge is -2.14. The molecule has 0 spiro atoms. The summed E-state index contributed by atoms with van der Waals surface area (Å²) in [7, 11) is 0. The molecule has 6 heteroatoms. The van der Waals surface area contributed by atoms with Crippen LogP contribution in [0, 0.1) is 6.92 Å². The lowest BCUT2D eigenvalue weighted by atomic mass is 10.1. The van der Waals surface area contributed by atoms with Crippen LogP contribution in [0.25, 0.3) is 11.3 Å². The van der Waals surface area contributed by atoms with Gasteiger partial charge in [0, 0.05) is 24.1 Å². The molecule has 0 aliphatic carbocycles. The number of nitrogens with one attached hydrogen (secondary N) is 2. The van der Waals surface area contributed by atoms with Crippen LogP contribution in [0.1, 0.15) is 22.8 Å². The topological polar surface area (TPSA) is 79.8 Å². The van der Waals surface area contributed by atoms with E-state index in [9.17, 15) is 9.59 Å². The monoisotopic (exact) mass is 336 g/mol. The molecule has 0 aliphatic heterocycles. The molecule has 0 fully saturated rings. The molecule has 3 rings (SSSR count). The number of hydrogen-bond donors (Lipinski definition) is 2. The molecule has 128 valence electrons. The van der Waals surface area contributed by atoms with Crippen LogP contribution in [0.15, 0.2) is 59.7 Å². The number of nitrogens with zero attached hydrogens (tertiary/aromatic N) is 2. The van der Waals surface area contributed by atoms with Crippen LogP contribution in [0.5, 0.6) is 0 Å². The quantitative estimate of drug-likeness (QED) is 0.751. The van der Waals surface area contributed by atoms with Crippen molar-refractivity contribution in [1.29, 1.82) is 0 Å². The zero-order chi connectivity index (χ0) is 17.8. The number of pyridine rings is 1. The van der Waals surface area contributed by atoms with Gasteiger partial charge in [-0.1, -0.05) is 23.8 Å². The molecular weight excluding hydrogens is 316 g/mol. The van der Waals surface area contributed by atoms with Crippen LogP contribution in [0.2, 0.25) is 0 Å². The summed E-state index contributed by atoms with van der Waals surface area (Å²) < 4.78 is 1.73. The Balaban J connectivity index is 1.74. The Morgan fingerprint density at radius 1 is 1.28 bits per heavy atom. The fraction of sp³-hybridized carbons (Fsp3) is 0.211. The first-order valence-corrected chi connectivity index (χ1v) is 8.11. The number of benzene rings is 1. The normalized spacial score (nSPS) is 11.9. The molecule has 0 aliphatic rings. The Kier molecular flexibility index (Phi) is 4.79. The standard InChI is InChI=1S/C19H20N4O2/c1-13-5-3-6-15(11-13)17-8-7-16(19(25)22-17)18(24)21-14(2)12-23-10-4-9-20-23/h3-11,14H,12H2,1-2H3,(H,21,24)(H,22,25). The molecule has 0 saturated heterocycles. The maximum absolute atomic E-state index is 12.3. The number of carbonyl (C=O) groups excluding carboxylic acids is 1. The number of aromatic amines is 1. The summed E-state index contributed by atoms with van der Waals surface area (Å²) in [6.07, 6.45) is 3.51. The maximum atomic E-state index is 12.3. The smallest absolute Gasteiger partial charge is 0.261 e. The van der Waals surface area contributed by atoms with Crippen molar-refractivity contribution < 1.29 is 4.79 Å². The van der Waals surface area contributed by atoms with Gasteiger partial charge in [-0.15, -0.1) is 0 Å². The van der Waals surface area contributed by atoms with Crippen molar-refractivity contribution in [2.75, 3.05) is 0 Å². The van der Waals surface area contributed by atoms with E-state index in [2.05, 4.69) is 15.4 Å². The largest absolute Gasteiger partial charge is 0.348 e. The third kappa shape index (κ3) is 4.03. The fourth-order valence-corrected chi connectivity index (χ4v) is 2.67. The predicted octanol–water partition coefficient (Wildman–Crippen LogP) is 2.37. The summed E-state index contributed by atoms with van der Waals surface area (Å²) in [5.74, 6) is -0.392. The predicted molar refractivity (Wildman–Crippen MR) is 96.4 cm³/mol. The van der Waals surface area contributed by atoms with Crippen molar-refractivity contribution in [3.8, 4) is 11.3 Å². The molecular formula is C19H20N4O2. The van der Waals surface area contributed by atoms with Gasteiger partial charge in [0.2, 0.25) is 0 Å². The summed E-state index contributed by atoms with van der Waals surface area (Å²) in [5.41, 5.74) is 2.41. The van der Waals surface area contributed by atoms with Gasteiger partial charge < -0.3 is 10.3 Å². The lowest BCUT2D eigenvalue weighted by molar-refractivity contribution is 0.0934. The van der Waals surface area contributed by atoms with Gasteiger partial charge in [-0.25, -0.2) is 0 Å². The minimum atomic E-state index is -0.400. The number of amides is 1. The number of H-pyrrole nitrogens is 1. The summed E-state index contributed by atoms with van der Waals surface area (Å²) in [4.78, 5) is 27.4. The highest BCUT2D eigenvalue weighted by molar-refractivity contribution is 5.94. The first kappa shape index (κ1) is 16.7. The van der Waals surface area contributed by atoms with E-state index in [-0.39, 0.29) is 11.6 Å². The minimum Gasteiger partial charge on any atom is -0.348 e. The zero-order valence-electron chi connectivity index (χ0n) is 14.2. The molecule has 3 aromatic rings. The van der Waals surface area contributed by atoms with Crippen LogP contribution in [-0.4, -0.2) is 26.7 Å². The van der Waals surface area contributed by atoms with Crippen molar-refractivity contribution in [3.63, 3.8) is 0 Å². The summed E-state index contributed by atoms with van der Waals surface area (Å²) in [6.45, 7) is 4.40. The highest BCUT2D eigenvalue weighted by Crippen LogP contribution is 2.16. The van der Waals surface area contributed by atoms with Gasteiger partial charge >= 0.3 is 0 Å². The van der Waals surface area contributed by atoms with Crippen LogP contribution in [0.3, 0.4) is 0 Å². The molecule has 6 nitrogen and oxygen atoms in total. The van der Waals surface area contributed by atoms with Gasteiger partial charge in [-0.05, 0) is 43.7 Å². The highest BCUT2D eigenvalue weighted by atomic mass is 16.2. The second kappa shape index (κ2) is 7.17. The van der Waals surface area contributed by atoms with Crippen LogP contribution in [-0.2, 0) is 6.54 Å². The average molecular weight is 336 g/mol. The van der Waals surface area contributed by atoms with E-state index in [1.54, 1.807) is 23.0 Å². The number of hydrogen-bond acceptors (Lipinski definition) is 3. The van der Waals surface area contributed by atoms with E-state index in [1.807, 2.05) is 50.4 Å². The van der Waals surface area contributed by atoms with Crippen molar-refractivity contribution in [1.82, 2.24) is 20.1 Å². The lowest BCUT2D eigenvalue weighted by Crippen LogP contribution is -2.38. The Hall–Kier alpha value is -3.15. The van der Waals surface area contributed by atoms with E-state index in [0.29, 0.717) is 12.2 Å². The van der Waals surface area contributed by atoms with Gasteiger partial charge in [-0.3, -0.25) is 14.3 Å². The van der Waals surface area contributed by atoms with Gasteiger partial charge in [0.15, 0.2) is 0 Å². The molecule has 1 amide bonds. The summed E-state index contributed by atoms with van der Waals surface area (Å²) in [6, 6.07) is 12.8. The molecule has 1 aromatic carbocycles. The average Bonchev–Trinajstić information content (AvgIpc) is 3.07. The Labute approximate surface area is 145 Å². The van der Waals surface area contributed by atoms with Crippen molar-refractivity contribution >= 4 is 5.91 Å². The second-order valence-electron chi connectivity index (χ2n) is 6.09. The molecule has 0 radical (unpaired) electrons. The van der Waals surface area contributed by atoms with Crippen molar-refractivity contribution in [3.05, 3.63) is 76.3 Å². The van der Waals surface area contributed by atoms with E-state index in [4.69, 9.17) is 0 Å². The third-order valence-corrected chi connectivity index (χ3v) is 3.88. The summed E-state index contributed by atoms with van der Waals surface area (Å²) in [5, 5.41) is 6.93. The van der Waals surface area contributed by atoms with Gasteiger partial charge in [0.25, 0.3) is 11.5 Å². The molecule has 2 N–H and O–H groups in total. The van der Waals surface area contributed by atoms with Crippen LogP contribution < -0.4 is 10.9 Å². The Bertz CT molecular complexity index is 929. The number of aromatic nitrogens is 3. The highest BCUT2D eigenvalue weighted by Gasteiger charge is 2.14. The van der Waals surface area contributed by atoms with Crippen molar-refractivity contribution in [2.24, 2.45) is 0 Å². The molecule has 1 unspecified atom stereocenters. The van der Waals surface area contributed by atoms with Gasteiger partial charge in [-0.2, -0.15) is 5.10 Å². The number of rotatable bonds is 5. The first-order valence-electron chi connectivity index (χ1n) is 8.11. The maximum Gasteiger partial charge on any atom is 0.261 e. The fourth-order valence-electron chi connectivity index (χ4n) is 2.67. The van der Waals surface area contributed by atoms with Crippen molar-refractivity contribution in [2.45, 2.75) is 26.4 Å². The minimum absolute atomic E-state index is 0.101. The Morgan fingerprint density at radius 2 is 2.12 bits per heavy atom. The number of aryl methyl sites for hydroxylation is 1. The zero-order valence-corrected chi connectivity index (χ0v) is 14.2. The Morgan fingerprint density at radius 3 is 2.80 bits per heavy atom. The van der Waals surface area contributed by atoms with E-state index in [1.165, 1.54) is 0 Å². The molecule has 2 heterocycles. The molecule has 1 atom stereocenters. The van der Waals surface area contributed by atoms with Crippen LogP contribution >= 0.6 is 0 Å². The summed E-state index contributed by atoms with van der Waals surface area (Å²) >= 11 is 0. The van der Waals surface area contributed by atoms with Crippen LogP contribution in [0.4, 0.5) is 0 Å².